The van der Waals surface area contributed by atoms with Gasteiger partial charge < -0.3 is 10.6 Å². The van der Waals surface area contributed by atoms with E-state index in [9.17, 15) is 4.79 Å². The smallest absolute Gasteiger partial charge is 0.220 e. The third kappa shape index (κ3) is 5.95. The summed E-state index contributed by atoms with van der Waals surface area (Å²) >= 11 is 13.3. The van der Waals surface area contributed by atoms with Crippen molar-refractivity contribution in [1.82, 2.24) is 10.6 Å². The van der Waals surface area contributed by atoms with Crippen molar-refractivity contribution < 1.29 is 4.79 Å². The van der Waals surface area contributed by atoms with Crippen molar-refractivity contribution in [3.8, 4) is 0 Å². The number of hydrogen-bond acceptors (Lipinski definition) is 3. The first-order chi connectivity index (χ1) is 9.56. The van der Waals surface area contributed by atoms with Crippen LogP contribution in [0.2, 0.25) is 8.67 Å². The summed E-state index contributed by atoms with van der Waals surface area (Å²) in [6.45, 7) is 4.14. The van der Waals surface area contributed by atoms with Gasteiger partial charge in [0.05, 0.1) is 8.67 Å². The van der Waals surface area contributed by atoms with Crippen LogP contribution in [0.25, 0.3) is 0 Å². The summed E-state index contributed by atoms with van der Waals surface area (Å²) in [7, 11) is 0. The number of carbonyl (C=O) groups excluding carboxylic acids is 1. The highest BCUT2D eigenvalue weighted by atomic mass is 35.5. The summed E-state index contributed by atoms with van der Waals surface area (Å²) in [6.07, 6.45) is 3.16. The average molecular weight is 372 g/mol. The summed E-state index contributed by atoms with van der Waals surface area (Å²) < 4.78 is 1.44. The van der Waals surface area contributed by atoms with Crippen molar-refractivity contribution >= 4 is 52.9 Å². The predicted molar refractivity (Wildman–Crippen MR) is 93.1 cm³/mol. The lowest BCUT2D eigenvalue weighted by Gasteiger charge is -2.30. The fourth-order valence-corrected chi connectivity index (χ4v) is 4.04. The third-order valence-corrected chi connectivity index (χ3v) is 5.28. The second kappa shape index (κ2) is 9.21. The number of amides is 1. The van der Waals surface area contributed by atoms with E-state index in [1.165, 1.54) is 11.3 Å². The molecule has 1 aromatic rings. The lowest BCUT2D eigenvalue weighted by Crippen LogP contribution is -2.48. The lowest BCUT2D eigenvalue weighted by molar-refractivity contribution is -0.122. The molecule has 1 saturated heterocycles. The monoisotopic (exact) mass is 370 g/mol. The first kappa shape index (κ1) is 19.0. The standard InChI is InChI=1S/C14H20Cl2N2OS.ClH/c1-9-8-17-6-5-11(9)18-13(19)4-2-3-10-7-12(15)20-14(10)16;/h7,9,11,17H,2-6,8H2,1H3,(H,18,19);1H. The molecule has 2 atom stereocenters. The molecule has 0 aliphatic carbocycles. The van der Waals surface area contributed by atoms with Gasteiger partial charge in [-0.25, -0.2) is 0 Å². The fraction of sp³-hybridized carbons (Fsp3) is 0.643. The number of piperidine rings is 1. The van der Waals surface area contributed by atoms with Gasteiger partial charge in [0.25, 0.3) is 0 Å². The van der Waals surface area contributed by atoms with Crippen molar-refractivity contribution in [1.29, 1.82) is 0 Å². The van der Waals surface area contributed by atoms with E-state index in [1.807, 2.05) is 6.07 Å². The summed E-state index contributed by atoms with van der Waals surface area (Å²) in [6, 6.07) is 2.20. The maximum atomic E-state index is 11.9. The Morgan fingerprint density at radius 1 is 1.52 bits per heavy atom. The summed E-state index contributed by atoms with van der Waals surface area (Å²) in [4.78, 5) is 11.9. The largest absolute Gasteiger partial charge is 0.353 e. The van der Waals surface area contributed by atoms with Gasteiger partial charge in [0, 0.05) is 12.5 Å². The molecule has 1 amide bonds. The SMILES string of the molecule is CC1CNCCC1NC(=O)CCCc1cc(Cl)sc1Cl.Cl. The molecular formula is C14H21Cl3N2OS. The van der Waals surface area contributed by atoms with E-state index in [-0.39, 0.29) is 18.3 Å². The zero-order chi connectivity index (χ0) is 14.5. The van der Waals surface area contributed by atoms with Crippen LogP contribution >= 0.6 is 46.9 Å². The molecule has 1 aromatic heterocycles. The van der Waals surface area contributed by atoms with Gasteiger partial charge in [-0.05, 0) is 49.9 Å². The molecule has 1 aliphatic rings. The molecule has 1 aliphatic heterocycles. The second-order valence-electron chi connectivity index (χ2n) is 5.35. The van der Waals surface area contributed by atoms with Gasteiger partial charge in [-0.1, -0.05) is 30.1 Å². The minimum absolute atomic E-state index is 0. The maximum absolute atomic E-state index is 11.9. The average Bonchev–Trinajstić information content (AvgIpc) is 2.71. The molecule has 0 bridgehead atoms. The Labute approximate surface area is 146 Å². The van der Waals surface area contributed by atoms with E-state index in [1.54, 1.807) is 0 Å². The number of thiophene rings is 1. The van der Waals surface area contributed by atoms with Crippen LogP contribution in [0.4, 0.5) is 0 Å². The van der Waals surface area contributed by atoms with Crippen LogP contribution in [-0.2, 0) is 11.2 Å². The Morgan fingerprint density at radius 3 is 2.90 bits per heavy atom. The van der Waals surface area contributed by atoms with Crippen LogP contribution < -0.4 is 10.6 Å². The lowest BCUT2D eigenvalue weighted by atomic mass is 9.95. The first-order valence-electron chi connectivity index (χ1n) is 7.00. The summed E-state index contributed by atoms with van der Waals surface area (Å²) in [5.74, 6) is 0.638. The molecule has 2 heterocycles. The quantitative estimate of drug-likeness (QED) is 0.824. The molecule has 3 nitrogen and oxygen atoms in total. The Morgan fingerprint density at radius 2 is 2.29 bits per heavy atom. The van der Waals surface area contributed by atoms with Crippen molar-refractivity contribution in [2.24, 2.45) is 5.92 Å². The van der Waals surface area contributed by atoms with Gasteiger partial charge >= 0.3 is 0 Å². The Kier molecular flexibility index (Phi) is 8.35. The number of hydrogen-bond donors (Lipinski definition) is 2. The predicted octanol–water partition coefficient (Wildman–Crippen LogP) is 3.91. The van der Waals surface area contributed by atoms with E-state index in [4.69, 9.17) is 23.2 Å². The molecule has 7 heteroatoms. The summed E-state index contributed by atoms with van der Waals surface area (Å²) in [5, 5.41) is 6.47. The highest BCUT2D eigenvalue weighted by molar-refractivity contribution is 7.20. The van der Waals surface area contributed by atoms with Gasteiger partial charge in [0.2, 0.25) is 5.91 Å². The van der Waals surface area contributed by atoms with E-state index in [2.05, 4.69) is 17.6 Å². The van der Waals surface area contributed by atoms with Gasteiger partial charge in [-0.15, -0.1) is 23.7 Å². The van der Waals surface area contributed by atoms with Crippen LogP contribution in [0.15, 0.2) is 6.07 Å². The molecule has 0 saturated carbocycles. The number of carbonyl (C=O) groups is 1. The minimum Gasteiger partial charge on any atom is -0.353 e. The van der Waals surface area contributed by atoms with Crippen molar-refractivity contribution in [2.45, 2.75) is 38.6 Å². The number of rotatable bonds is 5. The van der Waals surface area contributed by atoms with Gasteiger partial charge in [-0.3, -0.25) is 4.79 Å². The van der Waals surface area contributed by atoms with Crippen molar-refractivity contribution in [3.05, 3.63) is 20.3 Å². The zero-order valence-electron chi connectivity index (χ0n) is 12.0. The fourth-order valence-electron chi connectivity index (χ4n) is 2.49. The molecule has 120 valence electrons. The van der Waals surface area contributed by atoms with Crippen LogP contribution in [-0.4, -0.2) is 25.0 Å². The van der Waals surface area contributed by atoms with E-state index in [0.29, 0.717) is 22.7 Å². The molecule has 0 aromatic carbocycles. The molecule has 2 N–H and O–H groups in total. The van der Waals surface area contributed by atoms with Gasteiger partial charge in [-0.2, -0.15) is 0 Å². The van der Waals surface area contributed by atoms with Crippen LogP contribution in [0.1, 0.15) is 31.7 Å². The highest BCUT2D eigenvalue weighted by Crippen LogP contribution is 2.32. The van der Waals surface area contributed by atoms with E-state index in [0.717, 1.165) is 42.3 Å². The minimum atomic E-state index is 0. The van der Waals surface area contributed by atoms with E-state index >= 15 is 0 Å². The number of aryl methyl sites for hydroxylation is 1. The van der Waals surface area contributed by atoms with Crippen LogP contribution in [0.5, 0.6) is 0 Å². The number of nitrogens with one attached hydrogen (secondary N) is 2. The van der Waals surface area contributed by atoms with Gasteiger partial charge in [0.1, 0.15) is 0 Å². The van der Waals surface area contributed by atoms with Crippen LogP contribution in [0, 0.1) is 5.92 Å². The van der Waals surface area contributed by atoms with Gasteiger partial charge in [0.15, 0.2) is 0 Å². The molecule has 1 fully saturated rings. The molecule has 0 spiro atoms. The molecular weight excluding hydrogens is 351 g/mol. The molecule has 0 radical (unpaired) electrons. The highest BCUT2D eigenvalue weighted by Gasteiger charge is 2.22. The first-order valence-corrected chi connectivity index (χ1v) is 8.57. The normalized spacial score (nSPS) is 21.7. The maximum Gasteiger partial charge on any atom is 0.220 e. The van der Waals surface area contributed by atoms with E-state index < -0.39 is 0 Å². The van der Waals surface area contributed by atoms with Crippen molar-refractivity contribution in [3.63, 3.8) is 0 Å². The zero-order valence-corrected chi connectivity index (χ0v) is 15.1. The Balaban J connectivity index is 0.00000220. The molecule has 2 unspecified atom stereocenters. The van der Waals surface area contributed by atoms with Crippen LogP contribution in [0.3, 0.4) is 0 Å². The summed E-state index contributed by atoms with van der Waals surface area (Å²) in [5.41, 5.74) is 1.05. The van der Waals surface area contributed by atoms with Crippen molar-refractivity contribution in [2.75, 3.05) is 13.1 Å². The Hall–Kier alpha value is -0.000000000000000222. The second-order valence-corrected chi connectivity index (χ2v) is 7.63. The number of halogens is 3. The topological polar surface area (TPSA) is 41.1 Å². The molecule has 2 rings (SSSR count). The third-order valence-electron chi connectivity index (χ3n) is 3.71. The molecule has 21 heavy (non-hydrogen) atoms. The Bertz CT molecular complexity index is 467.